The van der Waals surface area contributed by atoms with Gasteiger partial charge in [-0.3, -0.25) is 9.59 Å². The Morgan fingerprint density at radius 2 is 1.93 bits per heavy atom. The molecule has 0 spiro atoms. The predicted molar refractivity (Wildman–Crippen MR) is 106 cm³/mol. The summed E-state index contributed by atoms with van der Waals surface area (Å²) in [5.74, 6) is -0.492. The number of carbonyl (C=O) groups excluding carboxylic acids is 1. The number of pyridine rings is 1. The minimum absolute atomic E-state index is 0.142. The smallest absolute Gasteiger partial charge is 0.297 e. The van der Waals surface area contributed by atoms with Gasteiger partial charge in [0.2, 0.25) is 5.75 Å². The van der Waals surface area contributed by atoms with Crippen molar-refractivity contribution in [2.45, 2.75) is 26.3 Å². The molecule has 2 N–H and O–H groups in total. The fourth-order valence-electron chi connectivity index (χ4n) is 3.02. The molecule has 1 heterocycles. The lowest BCUT2D eigenvalue weighted by Crippen LogP contribution is -2.21. The van der Waals surface area contributed by atoms with E-state index < -0.39 is 11.3 Å². The maximum absolute atomic E-state index is 12.6. The summed E-state index contributed by atoms with van der Waals surface area (Å²) in [7, 11) is 1.41. The summed E-state index contributed by atoms with van der Waals surface area (Å²) in [6, 6.07) is 14.1. The third-order valence-electron chi connectivity index (χ3n) is 4.43. The van der Waals surface area contributed by atoms with Gasteiger partial charge in [-0.25, -0.2) is 0 Å². The largest absolute Gasteiger partial charge is 0.500 e. The molecule has 3 aromatic rings. The van der Waals surface area contributed by atoms with Crippen molar-refractivity contribution in [2.24, 2.45) is 0 Å². The normalized spacial score (nSPS) is 10.7. The molecule has 6 nitrogen and oxygen atoms in total. The molecular formula is C21H22N2O4. The van der Waals surface area contributed by atoms with Gasteiger partial charge >= 0.3 is 0 Å². The van der Waals surface area contributed by atoms with Crippen molar-refractivity contribution >= 4 is 22.5 Å². The van der Waals surface area contributed by atoms with Crippen LogP contribution in [0, 0.1) is 0 Å². The molecule has 0 unspecified atom stereocenters. The van der Waals surface area contributed by atoms with Gasteiger partial charge in [0, 0.05) is 23.2 Å². The molecule has 6 heteroatoms. The number of ether oxygens (including phenoxy) is 1. The van der Waals surface area contributed by atoms with Crippen molar-refractivity contribution in [3.63, 3.8) is 0 Å². The third kappa shape index (κ3) is 3.65. The lowest BCUT2D eigenvalue weighted by atomic mass is 10.1. The van der Waals surface area contributed by atoms with Crippen molar-refractivity contribution in [3.05, 3.63) is 64.4 Å². The Morgan fingerprint density at radius 1 is 1.19 bits per heavy atom. The lowest BCUT2D eigenvalue weighted by Gasteiger charge is -2.15. The molecule has 0 aliphatic rings. The van der Waals surface area contributed by atoms with Crippen LogP contribution in [0.1, 0.15) is 30.1 Å². The summed E-state index contributed by atoms with van der Waals surface area (Å²) in [4.78, 5) is 25.0. The maximum Gasteiger partial charge on any atom is 0.297 e. The van der Waals surface area contributed by atoms with E-state index in [1.165, 1.54) is 11.7 Å². The van der Waals surface area contributed by atoms with Gasteiger partial charge in [0.25, 0.3) is 11.5 Å². The van der Waals surface area contributed by atoms with Crippen molar-refractivity contribution in [2.75, 3.05) is 12.4 Å². The first-order chi connectivity index (χ1) is 13.1. The van der Waals surface area contributed by atoms with Crippen molar-refractivity contribution in [1.82, 2.24) is 4.57 Å². The van der Waals surface area contributed by atoms with E-state index in [1.807, 2.05) is 13.0 Å². The second-order valence-corrected chi connectivity index (χ2v) is 6.24. The van der Waals surface area contributed by atoms with Crippen LogP contribution in [0.4, 0.5) is 5.69 Å². The van der Waals surface area contributed by atoms with Crippen LogP contribution in [-0.4, -0.2) is 22.7 Å². The Hall–Kier alpha value is -3.28. The number of methoxy groups -OCH3 is 1. The molecule has 3 rings (SSSR count). The van der Waals surface area contributed by atoms with Crippen LogP contribution >= 0.6 is 0 Å². The highest BCUT2D eigenvalue weighted by molar-refractivity contribution is 6.05. The van der Waals surface area contributed by atoms with E-state index >= 15 is 0 Å². The van der Waals surface area contributed by atoms with E-state index in [-0.39, 0.29) is 11.7 Å². The van der Waals surface area contributed by atoms with E-state index in [0.717, 1.165) is 12.8 Å². The van der Waals surface area contributed by atoms with Crippen LogP contribution < -0.4 is 15.6 Å². The first-order valence-electron chi connectivity index (χ1n) is 8.86. The van der Waals surface area contributed by atoms with Gasteiger partial charge in [-0.2, -0.15) is 0 Å². The van der Waals surface area contributed by atoms with Crippen molar-refractivity contribution in [3.8, 4) is 11.5 Å². The number of aromatic hydroxyl groups is 1. The van der Waals surface area contributed by atoms with Gasteiger partial charge in [-0.05, 0) is 36.8 Å². The van der Waals surface area contributed by atoms with Gasteiger partial charge in [-0.1, -0.05) is 31.5 Å². The summed E-state index contributed by atoms with van der Waals surface area (Å²) >= 11 is 0. The minimum Gasteiger partial charge on any atom is -0.500 e. The second kappa shape index (κ2) is 7.95. The number of unbranched alkanes of at least 4 members (excludes halogenated alkanes) is 1. The van der Waals surface area contributed by atoms with E-state index in [2.05, 4.69) is 5.32 Å². The molecule has 27 heavy (non-hydrogen) atoms. The van der Waals surface area contributed by atoms with Gasteiger partial charge in [0.1, 0.15) is 0 Å². The Bertz CT molecular complexity index is 1030. The minimum atomic E-state index is -0.501. The molecule has 0 radical (unpaired) electrons. The van der Waals surface area contributed by atoms with E-state index in [4.69, 9.17) is 4.74 Å². The number of rotatable bonds is 6. The number of amides is 1. The molecule has 0 saturated carbocycles. The lowest BCUT2D eigenvalue weighted by molar-refractivity contribution is 0.102. The van der Waals surface area contributed by atoms with Gasteiger partial charge in [-0.15, -0.1) is 0 Å². The molecule has 0 aliphatic heterocycles. The van der Waals surface area contributed by atoms with Crippen LogP contribution in [0.3, 0.4) is 0 Å². The molecule has 0 saturated heterocycles. The van der Waals surface area contributed by atoms with Crippen LogP contribution in [0.25, 0.3) is 10.9 Å². The number of nitrogens with one attached hydrogen (secondary N) is 1. The summed E-state index contributed by atoms with van der Waals surface area (Å²) in [6.07, 6.45) is 1.70. The Balaban J connectivity index is 2.08. The summed E-state index contributed by atoms with van der Waals surface area (Å²) in [6.45, 7) is 2.50. The molecule has 0 atom stereocenters. The molecule has 0 aliphatic carbocycles. The van der Waals surface area contributed by atoms with Crippen LogP contribution in [0.2, 0.25) is 0 Å². The Morgan fingerprint density at radius 3 is 2.59 bits per heavy atom. The summed E-state index contributed by atoms with van der Waals surface area (Å²) in [5.41, 5.74) is 1.21. The SMILES string of the molecule is CCCCn1c(=O)c(O)c(OC)c2ccc(NC(=O)c3ccccc3)cc21. The Labute approximate surface area is 157 Å². The first-order valence-corrected chi connectivity index (χ1v) is 8.86. The molecular weight excluding hydrogens is 344 g/mol. The standard InChI is InChI=1S/C21H22N2O4/c1-3-4-12-23-17-13-15(22-20(25)14-8-6-5-7-9-14)10-11-16(17)19(27-2)18(24)21(23)26/h5-11,13,24H,3-4,12H2,1-2H3,(H,22,25). The summed E-state index contributed by atoms with van der Waals surface area (Å²) in [5, 5.41) is 13.7. The van der Waals surface area contributed by atoms with Crippen LogP contribution in [-0.2, 0) is 6.54 Å². The second-order valence-electron chi connectivity index (χ2n) is 6.24. The van der Waals surface area contributed by atoms with Gasteiger partial charge < -0.3 is 19.7 Å². The first kappa shape index (κ1) is 18.5. The van der Waals surface area contributed by atoms with Crippen molar-refractivity contribution in [1.29, 1.82) is 0 Å². The zero-order valence-corrected chi connectivity index (χ0v) is 15.4. The van der Waals surface area contributed by atoms with E-state index in [9.17, 15) is 14.7 Å². The molecule has 1 amide bonds. The van der Waals surface area contributed by atoms with Crippen LogP contribution in [0.15, 0.2) is 53.3 Å². The molecule has 0 fully saturated rings. The zero-order valence-electron chi connectivity index (χ0n) is 15.4. The number of hydrogen-bond acceptors (Lipinski definition) is 4. The average molecular weight is 366 g/mol. The predicted octanol–water partition coefficient (Wildman–Crippen LogP) is 3.77. The van der Waals surface area contributed by atoms with E-state index in [0.29, 0.717) is 28.7 Å². The number of carbonyl (C=O) groups is 1. The molecule has 0 bridgehead atoms. The van der Waals surface area contributed by atoms with Gasteiger partial charge in [0.05, 0.1) is 12.6 Å². The monoisotopic (exact) mass is 366 g/mol. The number of benzene rings is 2. The Kier molecular flexibility index (Phi) is 5.45. The molecule has 140 valence electrons. The number of anilines is 1. The highest BCUT2D eigenvalue weighted by Crippen LogP contribution is 2.33. The fraction of sp³-hybridized carbons (Fsp3) is 0.238. The quantitative estimate of drug-likeness (QED) is 0.696. The zero-order chi connectivity index (χ0) is 19.4. The highest BCUT2D eigenvalue weighted by Gasteiger charge is 2.17. The number of fused-ring (bicyclic) bond motifs is 1. The number of aryl methyl sites for hydroxylation is 1. The fourth-order valence-corrected chi connectivity index (χ4v) is 3.02. The summed E-state index contributed by atoms with van der Waals surface area (Å²) < 4.78 is 6.76. The topological polar surface area (TPSA) is 80.6 Å². The highest BCUT2D eigenvalue weighted by atomic mass is 16.5. The third-order valence-corrected chi connectivity index (χ3v) is 4.43. The number of nitrogens with zero attached hydrogens (tertiary/aromatic N) is 1. The average Bonchev–Trinajstić information content (AvgIpc) is 2.69. The van der Waals surface area contributed by atoms with Gasteiger partial charge in [0.15, 0.2) is 5.75 Å². The van der Waals surface area contributed by atoms with Crippen molar-refractivity contribution < 1.29 is 14.6 Å². The number of aromatic nitrogens is 1. The maximum atomic E-state index is 12.6. The number of hydrogen-bond donors (Lipinski definition) is 2. The van der Waals surface area contributed by atoms with E-state index in [1.54, 1.807) is 42.5 Å². The molecule has 1 aromatic heterocycles. The van der Waals surface area contributed by atoms with Crippen LogP contribution in [0.5, 0.6) is 11.5 Å². The molecule has 2 aromatic carbocycles.